The van der Waals surface area contributed by atoms with Gasteiger partial charge in [-0.2, -0.15) is 0 Å². The number of piperidine rings is 1. The van der Waals surface area contributed by atoms with Crippen LogP contribution in [-0.2, 0) is 15.6 Å². The Bertz CT molecular complexity index is 989. The van der Waals surface area contributed by atoms with Crippen molar-refractivity contribution >= 4 is 6.09 Å². The molecule has 1 saturated heterocycles. The number of ether oxygens (including phenoxy) is 1. The van der Waals surface area contributed by atoms with Crippen LogP contribution < -0.4 is 0 Å². The maximum Gasteiger partial charge on any atom is 0.410 e. The number of carbonyl (C=O) groups is 1. The number of fused-ring (bicyclic) bond motifs is 1. The number of benzene rings is 1. The van der Waals surface area contributed by atoms with Crippen LogP contribution in [0.4, 0.5) is 4.79 Å². The third-order valence-corrected chi connectivity index (χ3v) is 7.17. The van der Waals surface area contributed by atoms with Crippen molar-refractivity contribution in [2.75, 3.05) is 13.1 Å². The van der Waals surface area contributed by atoms with Gasteiger partial charge in [0.15, 0.2) is 0 Å². The molecule has 1 aliphatic carbocycles. The lowest BCUT2D eigenvalue weighted by atomic mass is 9.63. The van der Waals surface area contributed by atoms with E-state index in [0.717, 1.165) is 24.2 Å². The molecule has 1 aliphatic heterocycles. The van der Waals surface area contributed by atoms with E-state index in [4.69, 9.17) is 9.15 Å². The Morgan fingerprint density at radius 2 is 1.69 bits per heavy atom. The number of likely N-dealkylation sites (tertiary alicyclic amines) is 1. The first-order valence-electron chi connectivity index (χ1n) is 11.9. The molecule has 1 aromatic carbocycles. The van der Waals surface area contributed by atoms with Crippen LogP contribution >= 0.6 is 0 Å². The highest BCUT2D eigenvalue weighted by molar-refractivity contribution is 5.68. The van der Waals surface area contributed by atoms with Gasteiger partial charge in [0.1, 0.15) is 11.4 Å². The van der Waals surface area contributed by atoms with Crippen molar-refractivity contribution in [3.63, 3.8) is 0 Å². The molecule has 174 valence electrons. The van der Waals surface area contributed by atoms with Crippen molar-refractivity contribution in [3.05, 3.63) is 41.3 Å². The molecule has 0 radical (unpaired) electrons. The minimum absolute atomic E-state index is 0.158. The number of nitrogens with zero attached hydrogens (tertiary/aromatic N) is 2. The molecule has 0 unspecified atom stereocenters. The van der Waals surface area contributed by atoms with Gasteiger partial charge in [0.2, 0.25) is 5.89 Å². The standard InChI is InChI=1S/C27H38N2O3/c1-25(2,3)32-24(30)29-14-10-18(11-15-29)22-17-28-23(31-22)19-8-9-20-21(16-19)27(6,7)13-12-26(20,4)5/h8-9,16-18H,10-15H2,1-7H3. The molecule has 5 heteroatoms. The highest BCUT2D eigenvalue weighted by Crippen LogP contribution is 2.46. The average molecular weight is 439 g/mol. The SMILES string of the molecule is CC(C)(C)OC(=O)N1CCC(c2cnc(-c3ccc4c(c3)C(C)(C)CCC4(C)C)o2)CC1. The second-order valence-corrected chi connectivity index (χ2v) is 11.8. The number of amides is 1. The minimum Gasteiger partial charge on any atom is -0.444 e. The third kappa shape index (κ3) is 4.57. The van der Waals surface area contributed by atoms with E-state index >= 15 is 0 Å². The summed E-state index contributed by atoms with van der Waals surface area (Å²) in [6.45, 7) is 16.4. The van der Waals surface area contributed by atoms with E-state index < -0.39 is 5.60 Å². The molecule has 0 saturated carbocycles. The summed E-state index contributed by atoms with van der Waals surface area (Å²) in [5.74, 6) is 1.89. The molecule has 0 bridgehead atoms. The van der Waals surface area contributed by atoms with Crippen LogP contribution in [0.1, 0.15) is 97.0 Å². The zero-order chi connectivity index (χ0) is 23.3. The molecule has 32 heavy (non-hydrogen) atoms. The topological polar surface area (TPSA) is 55.6 Å². The van der Waals surface area contributed by atoms with Gasteiger partial charge in [-0.1, -0.05) is 33.8 Å². The fourth-order valence-corrected chi connectivity index (χ4v) is 5.00. The lowest BCUT2D eigenvalue weighted by Gasteiger charge is -2.42. The fraction of sp³-hybridized carbons (Fsp3) is 0.630. The van der Waals surface area contributed by atoms with Crippen molar-refractivity contribution in [3.8, 4) is 11.5 Å². The molecule has 4 rings (SSSR count). The highest BCUT2D eigenvalue weighted by Gasteiger charge is 2.37. The number of aromatic nitrogens is 1. The van der Waals surface area contributed by atoms with Gasteiger partial charge in [-0.05, 0) is 80.5 Å². The summed E-state index contributed by atoms with van der Waals surface area (Å²) in [4.78, 5) is 18.8. The Morgan fingerprint density at radius 3 is 2.31 bits per heavy atom. The van der Waals surface area contributed by atoms with Crippen molar-refractivity contribution < 1.29 is 13.9 Å². The van der Waals surface area contributed by atoms with Crippen molar-refractivity contribution in [2.24, 2.45) is 0 Å². The third-order valence-electron chi connectivity index (χ3n) is 7.17. The predicted molar refractivity (Wildman–Crippen MR) is 127 cm³/mol. The maximum absolute atomic E-state index is 12.3. The molecule has 0 atom stereocenters. The number of rotatable bonds is 2. The molecule has 0 N–H and O–H groups in total. The molecule has 1 aromatic heterocycles. The quantitative estimate of drug-likeness (QED) is 0.517. The maximum atomic E-state index is 12.3. The van der Waals surface area contributed by atoms with Gasteiger partial charge in [-0.25, -0.2) is 9.78 Å². The molecular formula is C27H38N2O3. The monoisotopic (exact) mass is 438 g/mol. The Hall–Kier alpha value is -2.30. The van der Waals surface area contributed by atoms with E-state index in [1.54, 1.807) is 4.90 Å². The van der Waals surface area contributed by atoms with Gasteiger partial charge in [-0.3, -0.25) is 0 Å². The summed E-state index contributed by atoms with van der Waals surface area (Å²) < 4.78 is 11.8. The zero-order valence-electron chi connectivity index (χ0n) is 20.7. The van der Waals surface area contributed by atoms with E-state index in [1.165, 1.54) is 24.0 Å². The van der Waals surface area contributed by atoms with E-state index in [1.807, 2.05) is 27.0 Å². The first-order chi connectivity index (χ1) is 14.9. The second-order valence-electron chi connectivity index (χ2n) is 11.8. The summed E-state index contributed by atoms with van der Waals surface area (Å²) in [7, 11) is 0. The van der Waals surface area contributed by atoms with Crippen LogP contribution in [0, 0.1) is 0 Å². The van der Waals surface area contributed by atoms with Crippen molar-refractivity contribution in [1.29, 1.82) is 0 Å². The molecule has 1 amide bonds. The summed E-state index contributed by atoms with van der Waals surface area (Å²) in [5, 5.41) is 0. The van der Waals surface area contributed by atoms with Crippen molar-refractivity contribution in [1.82, 2.24) is 9.88 Å². The number of carbonyl (C=O) groups excluding carboxylic acids is 1. The Morgan fingerprint density at radius 1 is 1.06 bits per heavy atom. The summed E-state index contributed by atoms with van der Waals surface area (Å²) in [6.07, 6.45) is 5.76. The molecule has 2 heterocycles. The van der Waals surface area contributed by atoms with E-state index in [0.29, 0.717) is 19.0 Å². The van der Waals surface area contributed by atoms with Gasteiger partial charge in [0.25, 0.3) is 0 Å². The first-order valence-corrected chi connectivity index (χ1v) is 11.9. The van der Waals surface area contributed by atoms with Gasteiger partial charge in [0.05, 0.1) is 6.20 Å². The molecule has 2 aromatic rings. The first kappa shape index (κ1) is 22.9. The van der Waals surface area contributed by atoms with Gasteiger partial charge in [-0.15, -0.1) is 0 Å². The lowest BCUT2D eigenvalue weighted by molar-refractivity contribution is 0.0200. The van der Waals surface area contributed by atoms with Gasteiger partial charge in [0, 0.05) is 24.6 Å². The van der Waals surface area contributed by atoms with Gasteiger partial charge < -0.3 is 14.1 Å². The average Bonchev–Trinajstić information content (AvgIpc) is 3.20. The molecular weight excluding hydrogens is 400 g/mol. The summed E-state index contributed by atoms with van der Waals surface area (Å²) in [5.41, 5.74) is 3.80. The Labute approximate surface area is 192 Å². The summed E-state index contributed by atoms with van der Waals surface area (Å²) in [6, 6.07) is 6.72. The number of hydrogen-bond acceptors (Lipinski definition) is 4. The van der Waals surface area contributed by atoms with E-state index in [-0.39, 0.29) is 22.8 Å². The number of hydrogen-bond donors (Lipinski definition) is 0. The Balaban J connectivity index is 1.48. The second kappa shape index (κ2) is 7.93. The molecule has 0 spiro atoms. The van der Waals surface area contributed by atoms with Crippen LogP contribution in [0.3, 0.4) is 0 Å². The molecule has 2 aliphatic rings. The largest absolute Gasteiger partial charge is 0.444 e. The zero-order valence-corrected chi connectivity index (χ0v) is 20.7. The van der Waals surface area contributed by atoms with Crippen LogP contribution in [0.25, 0.3) is 11.5 Å². The van der Waals surface area contributed by atoms with Crippen molar-refractivity contribution in [2.45, 2.75) is 96.5 Å². The number of oxazole rings is 1. The van der Waals surface area contributed by atoms with E-state index in [9.17, 15) is 4.79 Å². The minimum atomic E-state index is -0.466. The van der Waals surface area contributed by atoms with Crippen LogP contribution in [0.5, 0.6) is 0 Å². The fourth-order valence-electron chi connectivity index (χ4n) is 5.00. The molecule has 1 fully saturated rings. The van der Waals surface area contributed by atoms with Crippen LogP contribution in [0.2, 0.25) is 0 Å². The molecule has 5 nitrogen and oxygen atoms in total. The highest BCUT2D eigenvalue weighted by atomic mass is 16.6. The van der Waals surface area contributed by atoms with E-state index in [2.05, 4.69) is 50.9 Å². The normalized spacial score (nSPS) is 20.7. The van der Waals surface area contributed by atoms with Crippen LogP contribution in [-0.4, -0.2) is 34.7 Å². The van der Waals surface area contributed by atoms with Gasteiger partial charge >= 0.3 is 6.09 Å². The summed E-state index contributed by atoms with van der Waals surface area (Å²) >= 11 is 0. The predicted octanol–water partition coefficient (Wildman–Crippen LogP) is 6.81. The Kier molecular flexibility index (Phi) is 5.67. The van der Waals surface area contributed by atoms with Crippen LogP contribution in [0.15, 0.2) is 28.8 Å². The smallest absolute Gasteiger partial charge is 0.410 e. The lowest BCUT2D eigenvalue weighted by Crippen LogP contribution is -2.41.